The molecule has 1 aromatic rings. The molecule has 0 spiro atoms. The highest BCUT2D eigenvalue weighted by Crippen LogP contribution is 2.19. The molecule has 82 valence electrons. The minimum atomic E-state index is 0.474. The second-order valence-corrected chi connectivity index (χ2v) is 4.17. The number of hydrogen-bond acceptors (Lipinski definition) is 5. The summed E-state index contributed by atoms with van der Waals surface area (Å²) in [6.45, 7) is 2.06. The van der Waals surface area contributed by atoms with Crippen molar-refractivity contribution >= 4 is 11.6 Å². The van der Waals surface area contributed by atoms with E-state index in [0.29, 0.717) is 11.9 Å². The molecule has 1 fully saturated rings. The molecule has 0 aliphatic carbocycles. The lowest BCUT2D eigenvalue weighted by atomic mass is 10.2. The van der Waals surface area contributed by atoms with E-state index in [1.807, 2.05) is 6.07 Å². The number of nitrogens with two attached hydrogens (primary N) is 1. The molecule has 2 heterocycles. The summed E-state index contributed by atoms with van der Waals surface area (Å²) >= 11 is 0. The van der Waals surface area contributed by atoms with Crippen LogP contribution in [0.25, 0.3) is 0 Å². The summed E-state index contributed by atoms with van der Waals surface area (Å²) in [5.74, 6) is 1.40. The smallest absolute Gasteiger partial charge is 0.151 e. The first-order chi connectivity index (χ1) is 7.16. The van der Waals surface area contributed by atoms with Crippen LogP contribution in [0.1, 0.15) is 6.42 Å². The van der Waals surface area contributed by atoms with Crippen LogP contribution in [0.5, 0.6) is 0 Å². The van der Waals surface area contributed by atoms with Crippen molar-refractivity contribution < 1.29 is 0 Å². The SMILES string of the molecule is CN(C)C1CCN(c2ccc(N)nn2)C1. The van der Waals surface area contributed by atoms with Crippen LogP contribution >= 0.6 is 0 Å². The Kier molecular flexibility index (Phi) is 2.73. The van der Waals surface area contributed by atoms with Gasteiger partial charge in [0, 0.05) is 19.1 Å². The van der Waals surface area contributed by atoms with E-state index in [-0.39, 0.29) is 0 Å². The van der Waals surface area contributed by atoms with Crippen molar-refractivity contribution in [3.8, 4) is 0 Å². The predicted octanol–water partition coefficient (Wildman–Crippen LogP) is 0.199. The molecule has 1 unspecified atom stereocenters. The topological polar surface area (TPSA) is 58.3 Å². The van der Waals surface area contributed by atoms with Gasteiger partial charge in [0.15, 0.2) is 5.82 Å². The van der Waals surface area contributed by atoms with Gasteiger partial charge < -0.3 is 15.5 Å². The number of hydrogen-bond donors (Lipinski definition) is 1. The molecule has 1 aliphatic rings. The molecule has 5 heteroatoms. The molecule has 1 atom stereocenters. The van der Waals surface area contributed by atoms with Gasteiger partial charge in [-0.2, -0.15) is 0 Å². The van der Waals surface area contributed by atoms with E-state index in [4.69, 9.17) is 5.73 Å². The van der Waals surface area contributed by atoms with E-state index in [1.165, 1.54) is 6.42 Å². The number of nitrogens with zero attached hydrogens (tertiary/aromatic N) is 4. The van der Waals surface area contributed by atoms with Gasteiger partial charge in [-0.1, -0.05) is 0 Å². The van der Waals surface area contributed by atoms with Crippen molar-refractivity contribution in [2.45, 2.75) is 12.5 Å². The third-order valence-electron chi connectivity index (χ3n) is 2.89. The van der Waals surface area contributed by atoms with Crippen LogP contribution in [0, 0.1) is 0 Å². The van der Waals surface area contributed by atoms with Gasteiger partial charge in [0.1, 0.15) is 5.82 Å². The summed E-state index contributed by atoms with van der Waals surface area (Å²) in [5, 5.41) is 7.95. The summed E-state index contributed by atoms with van der Waals surface area (Å²) < 4.78 is 0. The lowest BCUT2D eigenvalue weighted by Crippen LogP contribution is -2.31. The molecule has 5 nitrogen and oxygen atoms in total. The third kappa shape index (κ3) is 2.18. The van der Waals surface area contributed by atoms with Crippen LogP contribution in [-0.2, 0) is 0 Å². The average molecular weight is 207 g/mol. The molecule has 0 radical (unpaired) electrons. The van der Waals surface area contributed by atoms with Gasteiger partial charge in [-0.15, -0.1) is 10.2 Å². The molecule has 0 amide bonds. The highest BCUT2D eigenvalue weighted by molar-refractivity contribution is 5.42. The van der Waals surface area contributed by atoms with Gasteiger partial charge in [-0.25, -0.2) is 0 Å². The average Bonchev–Trinajstić information content (AvgIpc) is 2.68. The zero-order chi connectivity index (χ0) is 10.8. The number of likely N-dealkylation sites (N-methyl/N-ethyl adjacent to an activating group) is 1. The predicted molar refractivity (Wildman–Crippen MR) is 60.7 cm³/mol. The molecule has 15 heavy (non-hydrogen) atoms. The van der Waals surface area contributed by atoms with E-state index in [9.17, 15) is 0 Å². The number of nitrogen functional groups attached to an aromatic ring is 1. The molecule has 0 saturated carbocycles. The van der Waals surface area contributed by atoms with E-state index in [0.717, 1.165) is 18.9 Å². The van der Waals surface area contributed by atoms with Crippen molar-refractivity contribution in [1.29, 1.82) is 0 Å². The van der Waals surface area contributed by atoms with Crippen LogP contribution in [0.4, 0.5) is 11.6 Å². The molecular formula is C10H17N5. The molecular weight excluding hydrogens is 190 g/mol. The van der Waals surface area contributed by atoms with Crippen LogP contribution in [-0.4, -0.2) is 48.3 Å². The maximum Gasteiger partial charge on any atom is 0.151 e. The first-order valence-corrected chi connectivity index (χ1v) is 5.17. The van der Waals surface area contributed by atoms with Crippen molar-refractivity contribution in [3.63, 3.8) is 0 Å². The normalized spacial score (nSPS) is 21.3. The minimum absolute atomic E-state index is 0.474. The largest absolute Gasteiger partial charge is 0.382 e. The van der Waals surface area contributed by atoms with Crippen molar-refractivity contribution in [3.05, 3.63) is 12.1 Å². The van der Waals surface area contributed by atoms with Crippen LogP contribution in [0.3, 0.4) is 0 Å². The summed E-state index contributed by atoms with van der Waals surface area (Å²) in [7, 11) is 4.23. The van der Waals surface area contributed by atoms with Crippen LogP contribution < -0.4 is 10.6 Å². The molecule has 1 aromatic heterocycles. The van der Waals surface area contributed by atoms with E-state index in [1.54, 1.807) is 6.07 Å². The minimum Gasteiger partial charge on any atom is -0.382 e. The Morgan fingerprint density at radius 2 is 2.20 bits per heavy atom. The fourth-order valence-corrected chi connectivity index (χ4v) is 1.88. The van der Waals surface area contributed by atoms with Crippen LogP contribution in [0.2, 0.25) is 0 Å². The quantitative estimate of drug-likeness (QED) is 0.750. The van der Waals surface area contributed by atoms with Gasteiger partial charge in [0.2, 0.25) is 0 Å². The number of anilines is 2. The second kappa shape index (κ2) is 4.02. The fraction of sp³-hybridized carbons (Fsp3) is 0.600. The Morgan fingerprint density at radius 3 is 2.73 bits per heavy atom. The van der Waals surface area contributed by atoms with Crippen LogP contribution in [0.15, 0.2) is 12.1 Å². The highest BCUT2D eigenvalue weighted by atomic mass is 15.3. The van der Waals surface area contributed by atoms with Crippen molar-refractivity contribution in [2.24, 2.45) is 0 Å². The standard InChI is InChI=1S/C10H17N5/c1-14(2)8-5-6-15(7-8)10-4-3-9(11)12-13-10/h3-4,8H,5-7H2,1-2H3,(H2,11,12). The lowest BCUT2D eigenvalue weighted by molar-refractivity contribution is 0.315. The molecule has 0 bridgehead atoms. The fourth-order valence-electron chi connectivity index (χ4n) is 1.88. The Morgan fingerprint density at radius 1 is 1.40 bits per heavy atom. The second-order valence-electron chi connectivity index (χ2n) is 4.17. The van der Waals surface area contributed by atoms with Gasteiger partial charge in [0.05, 0.1) is 0 Å². The van der Waals surface area contributed by atoms with Crippen molar-refractivity contribution in [2.75, 3.05) is 37.8 Å². The first-order valence-electron chi connectivity index (χ1n) is 5.17. The molecule has 1 aliphatic heterocycles. The molecule has 2 rings (SSSR count). The van der Waals surface area contributed by atoms with Gasteiger partial charge in [-0.05, 0) is 32.6 Å². The Bertz CT molecular complexity index is 321. The molecule has 0 aromatic carbocycles. The summed E-state index contributed by atoms with van der Waals surface area (Å²) in [4.78, 5) is 4.50. The van der Waals surface area contributed by atoms with E-state index < -0.39 is 0 Å². The zero-order valence-electron chi connectivity index (χ0n) is 9.22. The maximum atomic E-state index is 5.50. The van der Waals surface area contributed by atoms with Gasteiger partial charge >= 0.3 is 0 Å². The third-order valence-corrected chi connectivity index (χ3v) is 2.89. The Balaban J connectivity index is 2.04. The maximum absolute atomic E-state index is 5.50. The Labute approximate surface area is 89.9 Å². The first kappa shape index (κ1) is 10.2. The summed E-state index contributed by atoms with van der Waals surface area (Å²) in [5.41, 5.74) is 5.50. The van der Waals surface area contributed by atoms with Gasteiger partial charge in [0.25, 0.3) is 0 Å². The van der Waals surface area contributed by atoms with Crippen molar-refractivity contribution in [1.82, 2.24) is 15.1 Å². The highest BCUT2D eigenvalue weighted by Gasteiger charge is 2.24. The van der Waals surface area contributed by atoms with E-state index in [2.05, 4.69) is 34.1 Å². The molecule has 2 N–H and O–H groups in total. The molecule has 1 saturated heterocycles. The lowest BCUT2D eigenvalue weighted by Gasteiger charge is -2.20. The Hall–Kier alpha value is -1.36. The summed E-state index contributed by atoms with van der Waals surface area (Å²) in [6.07, 6.45) is 1.18. The van der Waals surface area contributed by atoms with Gasteiger partial charge in [-0.3, -0.25) is 0 Å². The van der Waals surface area contributed by atoms with E-state index >= 15 is 0 Å². The summed E-state index contributed by atoms with van der Waals surface area (Å²) in [6, 6.07) is 4.34. The zero-order valence-corrected chi connectivity index (χ0v) is 9.22. The monoisotopic (exact) mass is 207 g/mol. The number of rotatable bonds is 2. The number of aromatic nitrogens is 2.